The Hall–Kier alpha value is -5.74. The average molecular weight is 964 g/mol. The molecule has 0 spiro atoms. The van der Waals surface area contributed by atoms with Gasteiger partial charge in [0.25, 0.3) is 0 Å². The third kappa shape index (κ3) is 10.6. The second-order valence-electron chi connectivity index (χ2n) is 19.5. The molecule has 1 fully saturated rings. The first-order valence-corrected chi connectivity index (χ1v) is 26.1. The summed E-state index contributed by atoms with van der Waals surface area (Å²) in [5, 5.41) is 25.7. The molecule has 10 heteroatoms. The predicted octanol–water partition coefficient (Wildman–Crippen LogP) is 14.4. The Bertz CT molecular complexity index is 3060. The van der Waals surface area contributed by atoms with Crippen LogP contribution in [-0.4, -0.2) is 59.3 Å². The van der Waals surface area contributed by atoms with Gasteiger partial charge in [-0.15, -0.1) is 11.3 Å². The molecule has 0 radical (unpaired) electrons. The maximum absolute atomic E-state index is 15.3. The van der Waals surface area contributed by atoms with Crippen LogP contribution in [0.3, 0.4) is 0 Å². The summed E-state index contributed by atoms with van der Waals surface area (Å²) in [6, 6.07) is 22.9. The van der Waals surface area contributed by atoms with Gasteiger partial charge in [0.15, 0.2) is 0 Å². The van der Waals surface area contributed by atoms with Gasteiger partial charge < -0.3 is 24.6 Å². The summed E-state index contributed by atoms with van der Waals surface area (Å²) in [7, 11) is 0. The van der Waals surface area contributed by atoms with Gasteiger partial charge >= 0.3 is 5.97 Å². The molecule has 2 N–H and O–H groups in total. The number of carbonyl (C=O) groups is 1. The molecular weight excluding hydrogens is 903 g/mol. The predicted molar refractivity (Wildman–Crippen MR) is 281 cm³/mol. The van der Waals surface area contributed by atoms with Crippen LogP contribution in [0.4, 0.5) is 4.39 Å². The summed E-state index contributed by atoms with van der Waals surface area (Å²) in [6.07, 6.45) is 22.6. The summed E-state index contributed by atoms with van der Waals surface area (Å²) in [5.41, 5.74) is 7.06. The fraction of sp³-hybridized carbons (Fsp3) is 0.356. The molecule has 3 atom stereocenters. The van der Waals surface area contributed by atoms with Crippen molar-refractivity contribution in [3.8, 4) is 11.5 Å². The minimum atomic E-state index is -1.29. The number of halogens is 2. The number of rotatable bonds is 9. The maximum Gasteiger partial charge on any atom is 0.345 e. The number of benzene rings is 5. The second kappa shape index (κ2) is 21.1. The molecular formula is C59H60ClFN2O5S. The third-order valence-corrected chi connectivity index (χ3v) is 16.3. The number of aromatic hydroxyl groups is 1. The lowest BCUT2D eigenvalue weighted by molar-refractivity contribution is -0.145. The highest BCUT2D eigenvalue weighted by Gasteiger charge is 2.31. The van der Waals surface area contributed by atoms with Crippen LogP contribution in [0.2, 0.25) is 5.02 Å². The molecule has 1 saturated heterocycles. The van der Waals surface area contributed by atoms with Gasteiger partial charge in [0.1, 0.15) is 23.9 Å². The number of carboxylic acids is 1. The van der Waals surface area contributed by atoms with E-state index < -0.39 is 12.1 Å². The molecule has 7 nitrogen and oxygen atoms in total. The molecule has 5 aliphatic rings. The highest BCUT2D eigenvalue weighted by Crippen LogP contribution is 2.47. The van der Waals surface area contributed by atoms with Crippen molar-refractivity contribution in [2.24, 2.45) is 16.8 Å². The van der Waals surface area contributed by atoms with Gasteiger partial charge in [-0.3, -0.25) is 0 Å². The minimum Gasteiger partial charge on any atom is -0.508 e. The average Bonchev–Trinajstić information content (AvgIpc) is 3.53. The maximum atomic E-state index is 15.3. The molecule has 0 amide bonds. The number of ether oxygens (including phenoxy) is 2. The summed E-state index contributed by atoms with van der Waals surface area (Å²) in [6.45, 7) is 6.08. The fourth-order valence-corrected chi connectivity index (χ4v) is 12.6. The van der Waals surface area contributed by atoms with Crippen LogP contribution >= 0.6 is 22.9 Å². The van der Waals surface area contributed by atoms with Crippen molar-refractivity contribution >= 4 is 72.0 Å². The number of carboxylic acid groups (broad SMARTS) is 1. The van der Waals surface area contributed by atoms with Gasteiger partial charge in [-0.1, -0.05) is 91.4 Å². The number of allylic oxidation sites excluding steroid dienone is 5. The van der Waals surface area contributed by atoms with Gasteiger partial charge in [0.2, 0.25) is 12.0 Å². The van der Waals surface area contributed by atoms with Crippen LogP contribution in [0, 0.1) is 17.7 Å². The van der Waals surface area contributed by atoms with E-state index in [4.69, 9.17) is 26.1 Å². The van der Waals surface area contributed by atoms with Crippen LogP contribution in [0.15, 0.2) is 120 Å². The smallest absolute Gasteiger partial charge is 0.345 e. The van der Waals surface area contributed by atoms with Gasteiger partial charge in [0.05, 0.1) is 10.6 Å². The van der Waals surface area contributed by atoms with Crippen molar-refractivity contribution in [2.45, 2.75) is 96.5 Å². The lowest BCUT2D eigenvalue weighted by Gasteiger charge is -2.23. The SMILES string of the molecule is CC1CCCN(CCCC2CCc3ccc(OCC4=C\CC/C(c5ccc(O)cc5)=C\C/C=C\4)c(c3)C[C@H](C(=O)O)OC3=NC=CCc4sc5c6ccc(F)cc6c6c(Cl)c(ccc6c5c43)C2)CC1. The van der Waals surface area contributed by atoms with E-state index in [1.807, 2.05) is 30.3 Å². The van der Waals surface area contributed by atoms with Gasteiger partial charge in [-0.25, -0.2) is 14.2 Å². The monoisotopic (exact) mass is 962 g/mol. The van der Waals surface area contributed by atoms with E-state index in [0.717, 1.165) is 147 Å². The number of likely N-dealkylation sites (tertiary alicyclic amines) is 1. The lowest BCUT2D eigenvalue weighted by Crippen LogP contribution is -2.30. The number of hydrogen-bond acceptors (Lipinski definition) is 7. The minimum absolute atomic E-state index is 0.0586. The van der Waals surface area contributed by atoms with E-state index in [9.17, 15) is 15.0 Å². The Morgan fingerprint density at radius 1 is 0.928 bits per heavy atom. The Labute approximate surface area is 413 Å². The zero-order valence-corrected chi connectivity index (χ0v) is 40.9. The van der Waals surface area contributed by atoms with Crippen LogP contribution in [0.25, 0.3) is 37.2 Å². The molecule has 69 heavy (non-hydrogen) atoms. The van der Waals surface area contributed by atoms with Gasteiger partial charge in [0, 0.05) is 44.8 Å². The molecule has 11 rings (SSSR count). The van der Waals surface area contributed by atoms with Gasteiger partial charge in [-0.05, 0) is 177 Å². The number of phenolic OH excluding ortho intramolecular Hbond substituents is 1. The van der Waals surface area contributed by atoms with Crippen LogP contribution in [0.5, 0.6) is 11.5 Å². The first kappa shape index (κ1) is 47.0. The molecule has 5 heterocycles. The number of nitrogens with zero attached hydrogens (tertiary/aromatic N) is 2. The van der Waals surface area contributed by atoms with E-state index in [-0.39, 0.29) is 23.9 Å². The van der Waals surface area contributed by atoms with Crippen molar-refractivity contribution in [1.29, 1.82) is 0 Å². The van der Waals surface area contributed by atoms with Crippen molar-refractivity contribution in [1.82, 2.24) is 4.90 Å². The summed E-state index contributed by atoms with van der Waals surface area (Å²) in [4.78, 5) is 21.9. The van der Waals surface area contributed by atoms with Crippen LogP contribution in [-0.2, 0) is 35.2 Å². The normalized spacial score (nSPS) is 22.4. The first-order valence-electron chi connectivity index (χ1n) is 24.9. The van der Waals surface area contributed by atoms with Crippen molar-refractivity contribution in [3.05, 3.63) is 158 Å². The summed E-state index contributed by atoms with van der Waals surface area (Å²) < 4.78 is 29.6. The Balaban J connectivity index is 1.01. The molecule has 0 saturated carbocycles. The van der Waals surface area contributed by atoms with E-state index in [2.05, 4.69) is 60.4 Å². The number of phenols is 1. The highest BCUT2D eigenvalue weighted by atomic mass is 35.5. The molecule has 1 aromatic heterocycles. The van der Waals surface area contributed by atoms with Crippen molar-refractivity contribution < 1.29 is 28.9 Å². The highest BCUT2D eigenvalue weighted by molar-refractivity contribution is 7.20. The first-order chi connectivity index (χ1) is 33.6. The van der Waals surface area contributed by atoms with E-state index in [1.165, 1.54) is 30.9 Å². The zero-order chi connectivity index (χ0) is 47.4. The van der Waals surface area contributed by atoms with E-state index >= 15 is 4.39 Å². The molecule has 1 aliphatic carbocycles. The number of fused-ring (bicyclic) bond motifs is 8. The number of aliphatic carboxylic acids is 1. The molecule has 6 aromatic rings. The molecule has 6 bridgehead atoms. The molecule has 356 valence electrons. The lowest BCUT2D eigenvalue weighted by atomic mass is 9.87. The number of hydrogen-bond donors (Lipinski definition) is 2. The second-order valence-corrected chi connectivity index (χ2v) is 21.0. The summed E-state index contributed by atoms with van der Waals surface area (Å²) >= 11 is 9.24. The zero-order valence-electron chi connectivity index (χ0n) is 39.3. The van der Waals surface area contributed by atoms with Crippen molar-refractivity contribution in [2.75, 3.05) is 26.2 Å². The van der Waals surface area contributed by atoms with Crippen LogP contribution in [0.1, 0.15) is 97.4 Å². The Morgan fingerprint density at radius 2 is 1.80 bits per heavy atom. The topological polar surface area (TPSA) is 91.6 Å². The standard InChI is InChI=1S/C59H60ClFN2O5S/c1-37-8-6-29-63(31-27-37)30-7-11-38-15-16-39-17-26-50(67-36-40-9-2-3-12-41(13-4-10-40)42-18-22-46(64)23-19-42)44(33-39)34-51(59(65)66)68-58-55-52(14-5-28-62-58)69-57-47-25-21-45(61)35-49(47)53-48(54(55)57)24-20-43(32-38)56(53)60/h2,5,9-10,12,17-26,28,33,35,37-38,51,64H,3-4,6-8,11,13-16,27,29-32,34,36H2,1H3,(H,65,66)/b9-2-,40-10-,41-12+/t37?,38?,51-/m1/s1. The van der Waals surface area contributed by atoms with Crippen LogP contribution < -0.4 is 4.74 Å². The fourth-order valence-electron chi connectivity index (χ4n) is 10.9. The number of thiophene rings is 1. The van der Waals surface area contributed by atoms with Gasteiger partial charge in [-0.2, -0.15) is 0 Å². The number of aryl methyl sites for hydroxylation is 1. The van der Waals surface area contributed by atoms with E-state index in [0.29, 0.717) is 29.7 Å². The largest absolute Gasteiger partial charge is 0.508 e. The molecule has 5 aromatic carbocycles. The quantitative estimate of drug-likeness (QED) is 0.140. The third-order valence-electron chi connectivity index (χ3n) is 14.7. The Morgan fingerprint density at radius 3 is 2.67 bits per heavy atom. The Kier molecular flexibility index (Phi) is 14.4. The molecule has 4 aliphatic heterocycles. The summed E-state index contributed by atoms with van der Waals surface area (Å²) in [5.74, 6) is 0.786. The van der Waals surface area contributed by atoms with Crippen molar-refractivity contribution in [3.63, 3.8) is 0 Å². The van der Waals surface area contributed by atoms with E-state index in [1.54, 1.807) is 35.7 Å². The number of aliphatic imine (C=N–C) groups is 1. The molecule has 2 unspecified atom stereocenters.